The number of ether oxygens (including phenoxy) is 3. The van der Waals surface area contributed by atoms with E-state index in [0.717, 1.165) is 0 Å². The van der Waals surface area contributed by atoms with Crippen LogP contribution in [0.3, 0.4) is 0 Å². The van der Waals surface area contributed by atoms with E-state index < -0.39 is 11.9 Å². The van der Waals surface area contributed by atoms with Crippen LogP contribution >= 0.6 is 23.2 Å². The van der Waals surface area contributed by atoms with Gasteiger partial charge in [-0.15, -0.1) is 0 Å². The van der Waals surface area contributed by atoms with Gasteiger partial charge < -0.3 is 14.2 Å². The monoisotopic (exact) mass is 343 g/mol. The summed E-state index contributed by atoms with van der Waals surface area (Å²) < 4.78 is 14.5. The lowest BCUT2D eigenvalue weighted by molar-refractivity contribution is -0.142. The maximum absolute atomic E-state index is 11.7. The van der Waals surface area contributed by atoms with Crippen LogP contribution < -0.4 is 4.74 Å². The third-order valence-corrected chi connectivity index (χ3v) is 3.27. The van der Waals surface area contributed by atoms with Crippen LogP contribution in [0.4, 0.5) is 0 Å². The first-order valence-electron chi connectivity index (χ1n) is 6.04. The number of halogens is 2. The van der Waals surface area contributed by atoms with Crippen molar-refractivity contribution >= 4 is 46.0 Å². The molecule has 0 aliphatic rings. The molecule has 0 N–H and O–H groups in total. The minimum Gasteiger partial charge on any atom is -0.481 e. The number of pyridine rings is 1. The summed E-state index contributed by atoms with van der Waals surface area (Å²) in [6.07, 6.45) is 0. The zero-order valence-corrected chi connectivity index (χ0v) is 13.2. The number of hydrogen-bond acceptors (Lipinski definition) is 6. The standard InChI is InChI=1S/C14H11Cl2NO5/c1-20-12(18)6-22-11-5-10(14(19)21-2)17-9-4-7(15)3-8(16)13(9)11/h3-5H,6H2,1-2H3. The molecule has 0 radical (unpaired) electrons. The Morgan fingerprint density at radius 1 is 1.14 bits per heavy atom. The second-order valence-corrected chi connectivity index (χ2v) is 4.99. The van der Waals surface area contributed by atoms with Crippen LogP contribution in [-0.4, -0.2) is 37.7 Å². The largest absolute Gasteiger partial charge is 0.481 e. The van der Waals surface area contributed by atoms with Gasteiger partial charge in [0.2, 0.25) is 0 Å². The van der Waals surface area contributed by atoms with Gasteiger partial charge in [-0.25, -0.2) is 14.6 Å². The summed E-state index contributed by atoms with van der Waals surface area (Å²) in [5.41, 5.74) is 0.355. The minimum atomic E-state index is -0.652. The van der Waals surface area contributed by atoms with Gasteiger partial charge in [0.25, 0.3) is 0 Å². The molecule has 1 heterocycles. The summed E-state index contributed by atoms with van der Waals surface area (Å²) >= 11 is 12.1. The molecule has 0 fully saturated rings. The molecule has 0 amide bonds. The van der Waals surface area contributed by atoms with E-state index in [1.165, 1.54) is 32.4 Å². The van der Waals surface area contributed by atoms with Gasteiger partial charge in [0.15, 0.2) is 12.3 Å². The van der Waals surface area contributed by atoms with Gasteiger partial charge in [-0.1, -0.05) is 23.2 Å². The van der Waals surface area contributed by atoms with Crippen LogP contribution in [0.1, 0.15) is 10.5 Å². The molecule has 8 heteroatoms. The molecule has 0 spiro atoms. The molecular weight excluding hydrogens is 333 g/mol. The summed E-state index contributed by atoms with van der Waals surface area (Å²) in [6, 6.07) is 4.38. The van der Waals surface area contributed by atoms with E-state index in [9.17, 15) is 9.59 Å². The number of benzene rings is 1. The highest BCUT2D eigenvalue weighted by atomic mass is 35.5. The summed E-state index contributed by atoms with van der Waals surface area (Å²) in [5.74, 6) is -1.02. The molecule has 1 aromatic carbocycles. The van der Waals surface area contributed by atoms with E-state index in [1.807, 2.05) is 0 Å². The molecule has 0 atom stereocenters. The van der Waals surface area contributed by atoms with E-state index >= 15 is 0 Å². The third-order valence-electron chi connectivity index (χ3n) is 2.76. The number of carbonyl (C=O) groups excluding carboxylic acids is 2. The predicted octanol–water partition coefficient (Wildman–Crippen LogP) is 2.88. The molecule has 0 bridgehead atoms. The fourth-order valence-corrected chi connectivity index (χ4v) is 2.34. The molecule has 0 saturated carbocycles. The van der Waals surface area contributed by atoms with Crippen molar-refractivity contribution in [2.75, 3.05) is 20.8 Å². The fraction of sp³-hybridized carbons (Fsp3) is 0.214. The normalized spacial score (nSPS) is 10.4. The third kappa shape index (κ3) is 3.40. The molecule has 0 aliphatic heterocycles. The summed E-state index contributed by atoms with van der Waals surface area (Å²) in [7, 11) is 2.47. The quantitative estimate of drug-likeness (QED) is 0.794. The lowest BCUT2D eigenvalue weighted by atomic mass is 10.1. The Bertz CT molecular complexity index is 748. The molecule has 6 nitrogen and oxygen atoms in total. The summed E-state index contributed by atoms with van der Waals surface area (Å²) in [5, 5.41) is 1.07. The highest BCUT2D eigenvalue weighted by Crippen LogP contribution is 2.34. The number of hydrogen-bond donors (Lipinski definition) is 0. The zero-order valence-electron chi connectivity index (χ0n) is 11.7. The average molecular weight is 344 g/mol. The van der Waals surface area contributed by atoms with Crippen LogP contribution in [0.15, 0.2) is 18.2 Å². The average Bonchev–Trinajstić information content (AvgIpc) is 2.50. The first-order valence-corrected chi connectivity index (χ1v) is 6.79. The molecule has 2 rings (SSSR count). The highest BCUT2D eigenvalue weighted by Gasteiger charge is 2.17. The zero-order chi connectivity index (χ0) is 16.3. The van der Waals surface area contributed by atoms with Crippen molar-refractivity contribution in [2.24, 2.45) is 0 Å². The first kappa shape index (κ1) is 16.3. The lowest BCUT2D eigenvalue weighted by Gasteiger charge is -2.11. The molecule has 0 saturated heterocycles. The Morgan fingerprint density at radius 2 is 1.86 bits per heavy atom. The number of methoxy groups -OCH3 is 2. The first-order chi connectivity index (χ1) is 10.5. The van der Waals surface area contributed by atoms with Gasteiger partial charge in [-0.3, -0.25) is 0 Å². The van der Waals surface area contributed by atoms with Crippen LogP contribution in [0, 0.1) is 0 Å². The van der Waals surface area contributed by atoms with Gasteiger partial charge >= 0.3 is 11.9 Å². The van der Waals surface area contributed by atoms with Crippen molar-refractivity contribution in [1.82, 2.24) is 4.98 Å². The molecular formula is C14H11Cl2NO5. The SMILES string of the molecule is COC(=O)COc1cc(C(=O)OC)nc2cc(Cl)cc(Cl)c12. The van der Waals surface area contributed by atoms with Gasteiger partial charge in [0, 0.05) is 11.1 Å². The van der Waals surface area contributed by atoms with Gasteiger partial charge in [-0.05, 0) is 12.1 Å². The van der Waals surface area contributed by atoms with Crippen molar-refractivity contribution in [1.29, 1.82) is 0 Å². The van der Waals surface area contributed by atoms with Crippen molar-refractivity contribution < 1.29 is 23.8 Å². The predicted molar refractivity (Wildman–Crippen MR) is 80.6 cm³/mol. The van der Waals surface area contributed by atoms with Gasteiger partial charge in [0.05, 0.1) is 30.1 Å². The van der Waals surface area contributed by atoms with Crippen molar-refractivity contribution in [2.45, 2.75) is 0 Å². The van der Waals surface area contributed by atoms with E-state index in [1.54, 1.807) is 0 Å². The summed E-state index contributed by atoms with van der Waals surface area (Å²) in [6.45, 7) is -0.338. The molecule has 2 aromatic rings. The van der Waals surface area contributed by atoms with E-state index in [-0.39, 0.29) is 23.1 Å². The molecule has 0 aliphatic carbocycles. The number of rotatable bonds is 4. The Morgan fingerprint density at radius 3 is 2.50 bits per heavy atom. The number of carbonyl (C=O) groups is 2. The van der Waals surface area contributed by atoms with Crippen LogP contribution in [0.25, 0.3) is 10.9 Å². The number of esters is 2. The van der Waals surface area contributed by atoms with Crippen molar-refractivity contribution in [3.05, 3.63) is 33.9 Å². The van der Waals surface area contributed by atoms with E-state index in [2.05, 4.69) is 14.5 Å². The van der Waals surface area contributed by atoms with Crippen molar-refractivity contribution in [3.63, 3.8) is 0 Å². The second-order valence-electron chi connectivity index (χ2n) is 4.14. The topological polar surface area (TPSA) is 74.7 Å². The van der Waals surface area contributed by atoms with Gasteiger partial charge in [-0.2, -0.15) is 0 Å². The number of fused-ring (bicyclic) bond motifs is 1. The fourth-order valence-electron chi connectivity index (χ4n) is 1.77. The lowest BCUT2D eigenvalue weighted by Crippen LogP contribution is -2.13. The van der Waals surface area contributed by atoms with E-state index in [4.69, 9.17) is 27.9 Å². The maximum atomic E-state index is 11.7. The van der Waals surface area contributed by atoms with Gasteiger partial charge in [0.1, 0.15) is 5.75 Å². The Hall–Kier alpha value is -2.05. The molecule has 116 valence electrons. The number of nitrogens with zero attached hydrogens (tertiary/aromatic N) is 1. The second kappa shape index (κ2) is 6.81. The molecule has 22 heavy (non-hydrogen) atoms. The minimum absolute atomic E-state index is 0.00759. The van der Waals surface area contributed by atoms with Crippen LogP contribution in [0.2, 0.25) is 10.0 Å². The highest BCUT2D eigenvalue weighted by molar-refractivity contribution is 6.39. The Kier molecular flexibility index (Phi) is 5.05. The van der Waals surface area contributed by atoms with E-state index in [0.29, 0.717) is 15.9 Å². The molecule has 0 unspecified atom stereocenters. The summed E-state index contributed by atoms with van der Waals surface area (Å²) in [4.78, 5) is 27.0. The smallest absolute Gasteiger partial charge is 0.356 e. The molecule has 1 aromatic heterocycles. The van der Waals surface area contributed by atoms with Crippen molar-refractivity contribution in [3.8, 4) is 5.75 Å². The Balaban J connectivity index is 2.59. The Labute approximate surface area is 135 Å². The van der Waals surface area contributed by atoms with Crippen LogP contribution in [0.5, 0.6) is 5.75 Å². The number of aromatic nitrogens is 1. The maximum Gasteiger partial charge on any atom is 0.356 e. The van der Waals surface area contributed by atoms with Crippen LogP contribution in [-0.2, 0) is 14.3 Å².